The van der Waals surface area contributed by atoms with Crippen LogP contribution in [0.15, 0.2) is 48.0 Å². The van der Waals surface area contributed by atoms with E-state index >= 15 is 0 Å². The van der Waals surface area contributed by atoms with Crippen LogP contribution in [0.5, 0.6) is 17.2 Å². The molecule has 2 aliphatic rings. The molecule has 4 unspecified atom stereocenters. The van der Waals surface area contributed by atoms with Crippen LogP contribution in [0, 0.1) is 0 Å². The second-order valence-corrected chi connectivity index (χ2v) is 9.92. The first-order chi connectivity index (χ1) is 19.4. The topological polar surface area (TPSA) is 138 Å². The predicted molar refractivity (Wildman–Crippen MR) is 147 cm³/mol. The molecule has 4 atom stereocenters. The third kappa shape index (κ3) is 5.79. The van der Waals surface area contributed by atoms with Gasteiger partial charge in [-0.1, -0.05) is 25.1 Å². The van der Waals surface area contributed by atoms with E-state index in [9.17, 15) is 24.9 Å². The van der Waals surface area contributed by atoms with E-state index in [1.807, 2.05) is 31.2 Å². The van der Waals surface area contributed by atoms with Crippen molar-refractivity contribution in [3.8, 4) is 17.2 Å². The van der Waals surface area contributed by atoms with E-state index in [1.54, 1.807) is 30.2 Å². The van der Waals surface area contributed by atoms with E-state index in [0.29, 0.717) is 46.8 Å². The molecule has 0 saturated carbocycles. The standard InChI is InChI=1S/C30H38N2O8/c1-4-7-25(35)32(12-10-19-8-5-6-9-23(19)38-2)22-16-21(30(37)31-11-13-33)26-20-14-18(17-34)15-24(39-3)28(20)40-29(26)27(22)36/h5-6,8-9,14-16,22,26-27,29,33-34,36H,4,7,10-13,17H2,1-3H3,(H,31,37). The lowest BCUT2D eigenvalue weighted by Crippen LogP contribution is -2.56. The van der Waals surface area contributed by atoms with Gasteiger partial charge in [0.2, 0.25) is 11.8 Å². The van der Waals surface area contributed by atoms with Gasteiger partial charge in [-0.3, -0.25) is 9.59 Å². The Morgan fingerprint density at radius 3 is 2.52 bits per heavy atom. The Labute approximate surface area is 234 Å². The van der Waals surface area contributed by atoms with E-state index < -0.39 is 30.1 Å². The van der Waals surface area contributed by atoms with Crippen molar-refractivity contribution in [1.29, 1.82) is 0 Å². The Morgan fingerprint density at radius 1 is 1.10 bits per heavy atom. The fourth-order valence-corrected chi connectivity index (χ4v) is 5.57. The van der Waals surface area contributed by atoms with E-state index in [-0.39, 0.29) is 38.6 Å². The van der Waals surface area contributed by atoms with Crippen molar-refractivity contribution in [1.82, 2.24) is 10.2 Å². The molecule has 2 amide bonds. The highest BCUT2D eigenvalue weighted by molar-refractivity contribution is 5.96. The molecule has 0 aromatic heterocycles. The van der Waals surface area contributed by atoms with Crippen LogP contribution in [0.3, 0.4) is 0 Å². The molecule has 0 saturated heterocycles. The lowest BCUT2D eigenvalue weighted by Gasteiger charge is -2.41. The largest absolute Gasteiger partial charge is 0.496 e. The van der Waals surface area contributed by atoms with Crippen LogP contribution in [0.4, 0.5) is 0 Å². The Kier molecular flexibility index (Phi) is 9.67. The first-order valence-corrected chi connectivity index (χ1v) is 13.6. The summed E-state index contributed by atoms with van der Waals surface area (Å²) in [4.78, 5) is 28.5. The van der Waals surface area contributed by atoms with Crippen molar-refractivity contribution >= 4 is 11.8 Å². The summed E-state index contributed by atoms with van der Waals surface area (Å²) in [6.45, 7) is 1.75. The summed E-state index contributed by atoms with van der Waals surface area (Å²) in [5.74, 6) is 0.217. The van der Waals surface area contributed by atoms with Gasteiger partial charge in [0, 0.05) is 30.6 Å². The van der Waals surface area contributed by atoms with E-state index in [1.165, 1.54) is 7.11 Å². The quantitative estimate of drug-likeness (QED) is 0.311. The van der Waals surface area contributed by atoms with Crippen LogP contribution in [-0.4, -0.2) is 84.2 Å². The van der Waals surface area contributed by atoms with Crippen molar-refractivity contribution in [3.05, 3.63) is 64.7 Å². The van der Waals surface area contributed by atoms with Gasteiger partial charge < -0.3 is 39.7 Å². The van der Waals surface area contributed by atoms with Gasteiger partial charge in [0.1, 0.15) is 18.0 Å². The predicted octanol–water partition coefficient (Wildman–Crippen LogP) is 1.69. The smallest absolute Gasteiger partial charge is 0.247 e. The number of para-hydroxylation sites is 1. The third-order valence-corrected chi connectivity index (χ3v) is 7.45. The minimum atomic E-state index is -1.16. The SMILES string of the molecule is CCCC(=O)N(CCc1ccccc1OC)C1C=C(C(=O)NCCO)C2c3cc(CO)cc(OC)c3OC2C1O. The van der Waals surface area contributed by atoms with Gasteiger partial charge in [0.15, 0.2) is 11.5 Å². The summed E-state index contributed by atoms with van der Waals surface area (Å²) in [6.07, 6.45) is 0.974. The second kappa shape index (κ2) is 13.2. The maximum atomic E-state index is 13.4. The summed E-state index contributed by atoms with van der Waals surface area (Å²) in [6, 6.07) is 10.1. The highest BCUT2D eigenvalue weighted by atomic mass is 16.5. The number of aliphatic hydroxyl groups is 3. The normalized spacial score (nSPS) is 21.0. The van der Waals surface area contributed by atoms with Gasteiger partial charge >= 0.3 is 0 Å². The number of hydrogen-bond donors (Lipinski definition) is 4. The Bertz CT molecular complexity index is 1250. The lowest BCUT2D eigenvalue weighted by atomic mass is 9.77. The van der Waals surface area contributed by atoms with Gasteiger partial charge in [0.25, 0.3) is 0 Å². The number of benzene rings is 2. The molecule has 2 aromatic rings. The lowest BCUT2D eigenvalue weighted by molar-refractivity contribution is -0.137. The first kappa shape index (κ1) is 29.4. The number of carbonyl (C=O) groups excluding carboxylic acids is 2. The van der Waals surface area contributed by atoms with Crippen LogP contribution in [0.25, 0.3) is 0 Å². The van der Waals surface area contributed by atoms with Crippen molar-refractivity contribution in [2.75, 3.05) is 33.9 Å². The van der Waals surface area contributed by atoms with E-state index in [4.69, 9.17) is 14.2 Å². The summed E-state index contributed by atoms with van der Waals surface area (Å²) in [7, 11) is 3.07. The molecule has 216 valence electrons. The number of ether oxygens (including phenoxy) is 3. The molecule has 0 radical (unpaired) electrons. The maximum Gasteiger partial charge on any atom is 0.247 e. The van der Waals surface area contributed by atoms with Gasteiger partial charge in [-0.2, -0.15) is 0 Å². The first-order valence-electron chi connectivity index (χ1n) is 13.6. The van der Waals surface area contributed by atoms with E-state index in [0.717, 1.165) is 5.56 Å². The van der Waals surface area contributed by atoms with Gasteiger partial charge in [-0.25, -0.2) is 0 Å². The zero-order chi connectivity index (χ0) is 28.8. The molecule has 0 fully saturated rings. The monoisotopic (exact) mass is 554 g/mol. The molecule has 4 N–H and O–H groups in total. The minimum Gasteiger partial charge on any atom is -0.496 e. The summed E-state index contributed by atoms with van der Waals surface area (Å²) in [5.41, 5.74) is 2.41. The number of nitrogens with zero attached hydrogens (tertiary/aromatic N) is 1. The van der Waals surface area contributed by atoms with Crippen molar-refractivity contribution < 1.29 is 39.1 Å². The molecular formula is C30H38N2O8. The van der Waals surface area contributed by atoms with Crippen molar-refractivity contribution in [2.45, 2.75) is 57.0 Å². The number of nitrogens with one attached hydrogen (secondary N) is 1. The average molecular weight is 555 g/mol. The van der Waals surface area contributed by atoms with Crippen molar-refractivity contribution in [2.24, 2.45) is 0 Å². The van der Waals surface area contributed by atoms with Gasteiger partial charge in [-0.05, 0) is 48.2 Å². The number of aliphatic hydroxyl groups excluding tert-OH is 3. The molecule has 10 nitrogen and oxygen atoms in total. The number of carbonyl (C=O) groups is 2. The molecule has 10 heteroatoms. The van der Waals surface area contributed by atoms with Gasteiger partial charge in [0.05, 0.1) is 39.4 Å². The minimum absolute atomic E-state index is 0.0424. The fourth-order valence-electron chi connectivity index (χ4n) is 5.57. The molecule has 2 aromatic carbocycles. The maximum absolute atomic E-state index is 13.4. The number of fused-ring (bicyclic) bond motifs is 3. The van der Waals surface area contributed by atoms with Crippen LogP contribution in [0.2, 0.25) is 0 Å². The Hall–Kier alpha value is -3.60. The van der Waals surface area contributed by atoms with Crippen LogP contribution in [-0.2, 0) is 22.6 Å². The molecule has 1 heterocycles. The summed E-state index contributed by atoms with van der Waals surface area (Å²) >= 11 is 0. The molecule has 0 spiro atoms. The number of hydrogen-bond acceptors (Lipinski definition) is 8. The highest BCUT2D eigenvalue weighted by Crippen LogP contribution is 2.51. The average Bonchev–Trinajstić information content (AvgIpc) is 3.36. The zero-order valence-corrected chi connectivity index (χ0v) is 23.1. The summed E-state index contributed by atoms with van der Waals surface area (Å²) in [5, 5.41) is 33.6. The van der Waals surface area contributed by atoms with E-state index in [2.05, 4.69) is 5.32 Å². The van der Waals surface area contributed by atoms with Crippen LogP contribution >= 0.6 is 0 Å². The van der Waals surface area contributed by atoms with Crippen LogP contribution in [0.1, 0.15) is 42.4 Å². The van der Waals surface area contributed by atoms with Gasteiger partial charge in [-0.15, -0.1) is 0 Å². The molecule has 4 rings (SSSR count). The number of rotatable bonds is 12. The third-order valence-electron chi connectivity index (χ3n) is 7.45. The van der Waals surface area contributed by atoms with Crippen LogP contribution < -0.4 is 19.5 Å². The molecular weight excluding hydrogens is 516 g/mol. The molecule has 40 heavy (non-hydrogen) atoms. The molecule has 0 bridgehead atoms. The highest BCUT2D eigenvalue weighted by Gasteiger charge is 2.51. The fraction of sp³-hybridized carbons (Fsp3) is 0.467. The zero-order valence-electron chi connectivity index (χ0n) is 23.1. The second-order valence-electron chi connectivity index (χ2n) is 9.92. The van der Waals surface area contributed by atoms with Crippen molar-refractivity contribution in [3.63, 3.8) is 0 Å². The molecule has 1 aliphatic heterocycles. The molecule has 1 aliphatic carbocycles. The number of amides is 2. The number of methoxy groups -OCH3 is 2. The Balaban J connectivity index is 1.76. The Morgan fingerprint density at radius 2 is 1.85 bits per heavy atom. The summed E-state index contributed by atoms with van der Waals surface area (Å²) < 4.78 is 17.3.